The lowest BCUT2D eigenvalue weighted by molar-refractivity contribution is 1.01. The fourth-order valence-corrected chi connectivity index (χ4v) is 2.62. The van der Waals surface area contributed by atoms with E-state index in [1.807, 2.05) is 49.5 Å². The normalized spacial score (nSPS) is 10.9. The molecule has 3 aromatic rings. The van der Waals surface area contributed by atoms with E-state index in [9.17, 15) is 0 Å². The SMILES string of the molecule is Cc1nc2ccccn2c1Sc1ccccn1. The van der Waals surface area contributed by atoms with E-state index in [0.29, 0.717) is 0 Å². The topological polar surface area (TPSA) is 30.2 Å². The van der Waals surface area contributed by atoms with Crippen molar-refractivity contribution >= 4 is 17.4 Å². The zero-order valence-electron chi connectivity index (χ0n) is 9.37. The first kappa shape index (κ1) is 10.4. The Labute approximate surface area is 104 Å². The lowest BCUT2D eigenvalue weighted by Crippen LogP contribution is -1.86. The van der Waals surface area contributed by atoms with Crippen LogP contribution in [0.5, 0.6) is 0 Å². The van der Waals surface area contributed by atoms with Crippen molar-refractivity contribution in [2.45, 2.75) is 17.0 Å². The van der Waals surface area contributed by atoms with Crippen LogP contribution in [0.25, 0.3) is 5.65 Å². The fraction of sp³-hybridized carbons (Fsp3) is 0.0769. The average Bonchev–Trinajstić information content (AvgIpc) is 2.68. The molecule has 0 amide bonds. The zero-order chi connectivity index (χ0) is 11.7. The summed E-state index contributed by atoms with van der Waals surface area (Å²) < 4.78 is 2.09. The zero-order valence-corrected chi connectivity index (χ0v) is 10.2. The number of hydrogen-bond acceptors (Lipinski definition) is 3. The van der Waals surface area contributed by atoms with Crippen LogP contribution in [0.3, 0.4) is 0 Å². The summed E-state index contributed by atoms with van der Waals surface area (Å²) in [5.74, 6) is 0. The van der Waals surface area contributed by atoms with Gasteiger partial charge in [0.05, 0.1) is 5.69 Å². The largest absolute Gasteiger partial charge is 0.294 e. The van der Waals surface area contributed by atoms with Gasteiger partial charge in [0.1, 0.15) is 15.7 Å². The minimum Gasteiger partial charge on any atom is -0.294 e. The van der Waals surface area contributed by atoms with Gasteiger partial charge in [0.25, 0.3) is 0 Å². The van der Waals surface area contributed by atoms with E-state index >= 15 is 0 Å². The van der Waals surface area contributed by atoms with Crippen LogP contribution in [-0.4, -0.2) is 14.4 Å². The first-order chi connectivity index (χ1) is 8.34. The monoisotopic (exact) mass is 241 g/mol. The molecule has 0 aliphatic heterocycles. The van der Waals surface area contributed by atoms with Crippen molar-refractivity contribution in [1.82, 2.24) is 14.4 Å². The van der Waals surface area contributed by atoms with Crippen LogP contribution in [0.2, 0.25) is 0 Å². The van der Waals surface area contributed by atoms with Crippen LogP contribution in [0, 0.1) is 6.92 Å². The molecule has 0 saturated heterocycles. The highest BCUT2D eigenvalue weighted by Crippen LogP contribution is 2.29. The molecule has 0 aliphatic carbocycles. The minimum absolute atomic E-state index is 0.975. The molecular formula is C13H11N3S. The second kappa shape index (κ2) is 4.22. The number of rotatable bonds is 2. The van der Waals surface area contributed by atoms with E-state index in [1.54, 1.807) is 18.0 Å². The van der Waals surface area contributed by atoms with E-state index < -0.39 is 0 Å². The second-order valence-corrected chi connectivity index (χ2v) is 4.71. The smallest absolute Gasteiger partial charge is 0.137 e. The minimum atomic E-state index is 0.975. The Hall–Kier alpha value is -1.81. The molecule has 0 unspecified atom stereocenters. The van der Waals surface area contributed by atoms with Crippen molar-refractivity contribution in [1.29, 1.82) is 0 Å². The molecular weight excluding hydrogens is 230 g/mol. The number of fused-ring (bicyclic) bond motifs is 1. The number of aromatic nitrogens is 3. The van der Waals surface area contributed by atoms with Crippen molar-refractivity contribution in [3.8, 4) is 0 Å². The predicted octanol–water partition coefficient (Wildman–Crippen LogP) is 3.19. The molecule has 4 heteroatoms. The molecule has 0 aromatic carbocycles. The van der Waals surface area contributed by atoms with E-state index in [1.165, 1.54) is 0 Å². The third kappa shape index (κ3) is 1.91. The number of pyridine rings is 2. The Balaban J connectivity index is 2.08. The summed E-state index contributed by atoms with van der Waals surface area (Å²) in [6.45, 7) is 2.03. The maximum absolute atomic E-state index is 4.52. The van der Waals surface area contributed by atoms with Gasteiger partial charge in [0, 0.05) is 12.4 Å². The molecule has 3 heterocycles. The molecule has 3 aromatic heterocycles. The number of aryl methyl sites for hydroxylation is 1. The number of nitrogens with zero attached hydrogens (tertiary/aromatic N) is 3. The molecule has 0 saturated carbocycles. The molecule has 0 spiro atoms. The van der Waals surface area contributed by atoms with E-state index in [4.69, 9.17) is 0 Å². The first-order valence-corrected chi connectivity index (χ1v) is 6.19. The number of imidazole rings is 1. The Morgan fingerprint density at radius 1 is 1.12 bits per heavy atom. The van der Waals surface area contributed by atoms with Crippen LogP contribution in [0.4, 0.5) is 0 Å². The molecule has 0 radical (unpaired) electrons. The second-order valence-electron chi connectivity index (χ2n) is 3.70. The fourth-order valence-electron chi connectivity index (χ4n) is 1.72. The van der Waals surface area contributed by atoms with Gasteiger partial charge in [-0.05, 0) is 43.0 Å². The van der Waals surface area contributed by atoms with Gasteiger partial charge in [-0.2, -0.15) is 0 Å². The van der Waals surface area contributed by atoms with Crippen molar-refractivity contribution in [2.75, 3.05) is 0 Å². The molecule has 0 fully saturated rings. The highest BCUT2D eigenvalue weighted by atomic mass is 32.2. The van der Waals surface area contributed by atoms with Gasteiger partial charge in [-0.25, -0.2) is 9.97 Å². The predicted molar refractivity (Wildman–Crippen MR) is 68.3 cm³/mol. The molecule has 0 bridgehead atoms. The Bertz CT molecular complexity index is 646. The van der Waals surface area contributed by atoms with Crippen LogP contribution in [0.15, 0.2) is 58.8 Å². The summed E-state index contributed by atoms with van der Waals surface area (Å²) in [7, 11) is 0. The van der Waals surface area contributed by atoms with E-state index in [2.05, 4.69) is 14.4 Å². The maximum Gasteiger partial charge on any atom is 0.137 e. The third-order valence-electron chi connectivity index (χ3n) is 2.49. The molecule has 0 atom stereocenters. The molecule has 0 N–H and O–H groups in total. The van der Waals surface area contributed by atoms with Crippen molar-refractivity contribution in [3.63, 3.8) is 0 Å². The first-order valence-electron chi connectivity index (χ1n) is 5.37. The molecule has 17 heavy (non-hydrogen) atoms. The Kier molecular flexibility index (Phi) is 2.57. The third-order valence-corrected chi connectivity index (χ3v) is 3.62. The highest BCUT2D eigenvalue weighted by Gasteiger charge is 2.09. The van der Waals surface area contributed by atoms with Gasteiger partial charge < -0.3 is 0 Å². The maximum atomic E-state index is 4.52. The summed E-state index contributed by atoms with van der Waals surface area (Å²) in [4.78, 5) is 8.85. The van der Waals surface area contributed by atoms with E-state index in [0.717, 1.165) is 21.4 Å². The van der Waals surface area contributed by atoms with Crippen LogP contribution < -0.4 is 0 Å². The Morgan fingerprint density at radius 2 is 2.00 bits per heavy atom. The van der Waals surface area contributed by atoms with Gasteiger partial charge in [0.2, 0.25) is 0 Å². The molecule has 0 aliphatic rings. The van der Waals surface area contributed by atoms with Crippen molar-refractivity contribution < 1.29 is 0 Å². The molecule has 3 rings (SSSR count). The van der Waals surface area contributed by atoms with Gasteiger partial charge in [0.15, 0.2) is 0 Å². The lowest BCUT2D eigenvalue weighted by Gasteiger charge is -2.01. The van der Waals surface area contributed by atoms with Crippen molar-refractivity contribution in [3.05, 3.63) is 54.5 Å². The van der Waals surface area contributed by atoms with E-state index in [-0.39, 0.29) is 0 Å². The highest BCUT2D eigenvalue weighted by molar-refractivity contribution is 7.99. The Morgan fingerprint density at radius 3 is 2.82 bits per heavy atom. The van der Waals surface area contributed by atoms with Gasteiger partial charge in [-0.15, -0.1) is 0 Å². The summed E-state index contributed by atoms with van der Waals surface area (Å²) in [6, 6.07) is 11.9. The van der Waals surface area contributed by atoms with Gasteiger partial charge in [-0.1, -0.05) is 12.1 Å². The molecule has 3 nitrogen and oxygen atoms in total. The van der Waals surface area contributed by atoms with Crippen LogP contribution in [0.1, 0.15) is 5.69 Å². The summed E-state index contributed by atoms with van der Waals surface area (Å²) >= 11 is 1.64. The number of hydrogen-bond donors (Lipinski definition) is 0. The lowest BCUT2D eigenvalue weighted by atomic mass is 10.5. The average molecular weight is 241 g/mol. The van der Waals surface area contributed by atoms with Crippen LogP contribution in [-0.2, 0) is 0 Å². The summed E-state index contributed by atoms with van der Waals surface area (Å²) in [5.41, 5.74) is 2.01. The standard InChI is InChI=1S/C13H11N3S/c1-10-13(17-12-7-2-4-8-14-12)16-9-5-3-6-11(16)15-10/h2-9H,1H3. The van der Waals surface area contributed by atoms with Crippen molar-refractivity contribution in [2.24, 2.45) is 0 Å². The molecule has 84 valence electrons. The van der Waals surface area contributed by atoms with Crippen LogP contribution >= 0.6 is 11.8 Å². The summed E-state index contributed by atoms with van der Waals surface area (Å²) in [5, 5.41) is 2.11. The quantitative estimate of drug-likeness (QED) is 0.690. The summed E-state index contributed by atoms with van der Waals surface area (Å²) in [6.07, 6.45) is 3.83. The van der Waals surface area contributed by atoms with Gasteiger partial charge >= 0.3 is 0 Å². The van der Waals surface area contributed by atoms with Gasteiger partial charge in [-0.3, -0.25) is 4.40 Å².